The summed E-state index contributed by atoms with van der Waals surface area (Å²) in [7, 11) is 0. The van der Waals surface area contributed by atoms with Gasteiger partial charge in [0, 0.05) is 12.1 Å². The molecule has 0 radical (unpaired) electrons. The van der Waals surface area contributed by atoms with Gasteiger partial charge in [-0.05, 0) is 49.1 Å². The molecule has 4 rings (SSSR count). The van der Waals surface area contributed by atoms with E-state index < -0.39 is 42.3 Å². The molecule has 0 bridgehead atoms. The highest BCUT2D eigenvalue weighted by Gasteiger charge is 2.51. The molecule has 1 heterocycles. The molecular formula is C30H32N2O7. The number of allylic oxidation sites excluding steroid dienone is 2. The van der Waals surface area contributed by atoms with Crippen molar-refractivity contribution in [1.29, 1.82) is 0 Å². The van der Waals surface area contributed by atoms with Crippen molar-refractivity contribution in [3.63, 3.8) is 0 Å². The van der Waals surface area contributed by atoms with Crippen LogP contribution in [0.15, 0.2) is 66.7 Å². The van der Waals surface area contributed by atoms with Crippen LogP contribution in [0.2, 0.25) is 0 Å². The van der Waals surface area contributed by atoms with E-state index in [0.717, 1.165) is 23.3 Å². The number of nitrogens with zero attached hydrogens (tertiary/aromatic N) is 1. The predicted molar refractivity (Wildman–Crippen MR) is 142 cm³/mol. The van der Waals surface area contributed by atoms with Crippen LogP contribution >= 0.6 is 0 Å². The highest BCUT2D eigenvalue weighted by molar-refractivity contribution is 6.08. The van der Waals surface area contributed by atoms with Crippen molar-refractivity contribution >= 4 is 35.3 Å². The zero-order valence-electron chi connectivity index (χ0n) is 21.8. The molecule has 3 amide bonds. The zero-order valence-corrected chi connectivity index (χ0v) is 21.8. The summed E-state index contributed by atoms with van der Waals surface area (Å²) >= 11 is 0. The summed E-state index contributed by atoms with van der Waals surface area (Å²) in [4.78, 5) is 65.1. The number of amides is 3. The lowest BCUT2D eigenvalue weighted by Gasteiger charge is -2.25. The van der Waals surface area contributed by atoms with Gasteiger partial charge in [0.2, 0.25) is 11.8 Å². The SMILES string of the molecule is CCCCOC(=O)c1ccc(NC(=O)COC(=O)[C@H](Cc2ccccc2)N2C(=O)[C@H]3CC=CC[C@H]3C2=O)cc1. The number of fused-ring (bicyclic) bond motifs is 1. The number of hydrogen-bond acceptors (Lipinski definition) is 7. The first-order valence-electron chi connectivity index (χ1n) is 13.2. The summed E-state index contributed by atoms with van der Waals surface area (Å²) in [6.45, 7) is 1.74. The standard InChI is InChI=1S/C30H32N2O7/c1-2-3-17-38-29(36)21-13-15-22(16-14-21)31-26(33)19-39-30(37)25(18-20-9-5-4-6-10-20)32-27(34)23-11-7-8-12-24(23)28(32)35/h4-10,13-16,23-25H,2-3,11-12,17-19H2,1H3,(H,31,33)/t23-,24+,25-/m0/s1. The number of unbranched alkanes of at least 4 members (excludes halogenated alkanes) is 1. The molecule has 3 atom stereocenters. The molecule has 0 saturated carbocycles. The third-order valence-electron chi connectivity index (χ3n) is 6.88. The first kappa shape index (κ1) is 27.8. The Kier molecular flexibility index (Phi) is 9.25. The number of ether oxygens (including phenoxy) is 2. The molecule has 0 unspecified atom stereocenters. The number of benzene rings is 2. The minimum atomic E-state index is -1.18. The van der Waals surface area contributed by atoms with Gasteiger partial charge in [-0.15, -0.1) is 0 Å². The van der Waals surface area contributed by atoms with Crippen LogP contribution in [0.25, 0.3) is 0 Å². The maximum Gasteiger partial charge on any atom is 0.338 e. The molecule has 0 aromatic heterocycles. The molecule has 2 aliphatic rings. The van der Waals surface area contributed by atoms with Crippen molar-refractivity contribution in [2.45, 2.75) is 45.1 Å². The normalized spacial score (nSPS) is 18.8. The lowest BCUT2D eigenvalue weighted by molar-refractivity contribution is -0.159. The summed E-state index contributed by atoms with van der Waals surface area (Å²) in [6.07, 6.45) is 6.45. The molecule has 1 saturated heterocycles. The number of imide groups is 1. The Morgan fingerprint density at radius 2 is 1.56 bits per heavy atom. The van der Waals surface area contributed by atoms with Crippen molar-refractivity contribution in [1.82, 2.24) is 4.90 Å². The second-order valence-electron chi connectivity index (χ2n) is 9.63. The van der Waals surface area contributed by atoms with Gasteiger partial charge in [0.25, 0.3) is 5.91 Å². The van der Waals surface area contributed by atoms with Crippen LogP contribution in [0.3, 0.4) is 0 Å². The van der Waals surface area contributed by atoms with E-state index in [0.29, 0.717) is 30.7 Å². The molecule has 9 nitrogen and oxygen atoms in total. The maximum absolute atomic E-state index is 13.2. The van der Waals surface area contributed by atoms with Gasteiger partial charge in [0.15, 0.2) is 6.61 Å². The Morgan fingerprint density at radius 1 is 0.923 bits per heavy atom. The number of anilines is 1. The van der Waals surface area contributed by atoms with Crippen LogP contribution in [0.1, 0.15) is 48.5 Å². The van der Waals surface area contributed by atoms with Gasteiger partial charge in [0.05, 0.1) is 24.0 Å². The Balaban J connectivity index is 1.38. The van der Waals surface area contributed by atoms with E-state index in [9.17, 15) is 24.0 Å². The summed E-state index contributed by atoms with van der Waals surface area (Å²) in [5, 5.41) is 2.61. The van der Waals surface area contributed by atoms with Crippen molar-refractivity contribution in [3.05, 3.63) is 77.9 Å². The first-order valence-corrected chi connectivity index (χ1v) is 13.2. The maximum atomic E-state index is 13.2. The van der Waals surface area contributed by atoms with E-state index in [2.05, 4.69) is 5.32 Å². The molecule has 0 spiro atoms. The van der Waals surface area contributed by atoms with E-state index >= 15 is 0 Å². The monoisotopic (exact) mass is 532 g/mol. The van der Waals surface area contributed by atoms with Crippen LogP contribution in [0.5, 0.6) is 0 Å². The molecule has 1 aliphatic carbocycles. The number of esters is 2. The van der Waals surface area contributed by atoms with Gasteiger partial charge in [-0.25, -0.2) is 9.59 Å². The van der Waals surface area contributed by atoms with Gasteiger partial charge < -0.3 is 14.8 Å². The summed E-state index contributed by atoms with van der Waals surface area (Å²) < 4.78 is 10.5. The van der Waals surface area contributed by atoms with Crippen LogP contribution in [0.4, 0.5) is 5.69 Å². The van der Waals surface area contributed by atoms with Gasteiger partial charge in [0.1, 0.15) is 6.04 Å². The molecule has 1 aliphatic heterocycles. The summed E-state index contributed by atoms with van der Waals surface area (Å²) in [5.74, 6) is -3.60. The van der Waals surface area contributed by atoms with Gasteiger partial charge in [-0.3, -0.25) is 19.3 Å². The number of carbonyl (C=O) groups is 5. The molecule has 39 heavy (non-hydrogen) atoms. The second kappa shape index (κ2) is 13.0. The van der Waals surface area contributed by atoms with Crippen molar-refractivity contribution in [3.8, 4) is 0 Å². The number of carbonyl (C=O) groups excluding carboxylic acids is 5. The fourth-order valence-corrected chi connectivity index (χ4v) is 4.76. The zero-order chi connectivity index (χ0) is 27.8. The van der Waals surface area contributed by atoms with Crippen molar-refractivity contribution in [2.24, 2.45) is 11.8 Å². The van der Waals surface area contributed by atoms with Crippen molar-refractivity contribution in [2.75, 3.05) is 18.5 Å². The van der Waals surface area contributed by atoms with E-state index in [-0.39, 0.29) is 18.2 Å². The van der Waals surface area contributed by atoms with Gasteiger partial charge in [-0.2, -0.15) is 0 Å². The average Bonchev–Trinajstić information content (AvgIpc) is 3.21. The summed E-state index contributed by atoms with van der Waals surface area (Å²) in [5.41, 5.74) is 1.52. The minimum absolute atomic E-state index is 0.0848. The second-order valence-corrected chi connectivity index (χ2v) is 9.63. The summed E-state index contributed by atoms with van der Waals surface area (Å²) in [6, 6.07) is 14.0. The minimum Gasteiger partial charge on any atom is -0.462 e. The van der Waals surface area contributed by atoms with Crippen molar-refractivity contribution < 1.29 is 33.4 Å². The van der Waals surface area contributed by atoms with Gasteiger partial charge in [-0.1, -0.05) is 55.8 Å². The topological polar surface area (TPSA) is 119 Å². The average molecular weight is 533 g/mol. The number of nitrogens with one attached hydrogen (secondary N) is 1. The van der Waals surface area contributed by atoms with Crippen LogP contribution in [-0.4, -0.2) is 53.8 Å². The quantitative estimate of drug-likeness (QED) is 0.203. The van der Waals surface area contributed by atoms with E-state index in [1.807, 2.05) is 25.1 Å². The lowest BCUT2D eigenvalue weighted by Crippen LogP contribution is -2.48. The highest BCUT2D eigenvalue weighted by atomic mass is 16.5. The predicted octanol–water partition coefficient (Wildman–Crippen LogP) is 3.69. The lowest BCUT2D eigenvalue weighted by atomic mass is 9.85. The molecule has 1 fully saturated rings. The fourth-order valence-electron chi connectivity index (χ4n) is 4.76. The third-order valence-corrected chi connectivity index (χ3v) is 6.88. The fraction of sp³-hybridized carbons (Fsp3) is 0.367. The van der Waals surface area contributed by atoms with Crippen LogP contribution in [0, 0.1) is 11.8 Å². The van der Waals surface area contributed by atoms with Gasteiger partial charge >= 0.3 is 11.9 Å². The van der Waals surface area contributed by atoms with E-state index in [1.54, 1.807) is 36.4 Å². The largest absolute Gasteiger partial charge is 0.462 e. The smallest absolute Gasteiger partial charge is 0.338 e. The molecule has 2 aromatic carbocycles. The molecule has 2 aromatic rings. The highest BCUT2D eigenvalue weighted by Crippen LogP contribution is 2.36. The molecule has 204 valence electrons. The number of hydrogen-bond donors (Lipinski definition) is 1. The first-order chi connectivity index (χ1) is 18.9. The molecular weight excluding hydrogens is 500 g/mol. The Bertz CT molecular complexity index is 1210. The Labute approximate surface area is 227 Å². The molecule has 9 heteroatoms. The Hall–Kier alpha value is -4.27. The van der Waals surface area contributed by atoms with Crippen LogP contribution in [-0.2, 0) is 35.1 Å². The van der Waals surface area contributed by atoms with Crippen LogP contribution < -0.4 is 5.32 Å². The number of likely N-dealkylation sites (tertiary alicyclic amines) is 1. The third kappa shape index (κ3) is 6.79. The molecule has 1 N–H and O–H groups in total. The Morgan fingerprint density at radius 3 is 2.18 bits per heavy atom. The van der Waals surface area contributed by atoms with E-state index in [1.165, 1.54) is 12.1 Å². The number of rotatable bonds is 11. The van der Waals surface area contributed by atoms with E-state index in [4.69, 9.17) is 9.47 Å².